The van der Waals surface area contributed by atoms with Gasteiger partial charge in [0.25, 0.3) is 0 Å². The highest BCUT2D eigenvalue weighted by Gasteiger charge is 2.27. The molecule has 1 fully saturated rings. The van der Waals surface area contributed by atoms with Gasteiger partial charge in [-0.25, -0.2) is 9.97 Å². The van der Waals surface area contributed by atoms with Crippen molar-refractivity contribution in [3.8, 4) is 0 Å². The number of nitrogens with zero attached hydrogens (tertiary/aromatic N) is 4. The van der Waals surface area contributed by atoms with E-state index in [-0.39, 0.29) is 12.4 Å². The molecule has 2 aromatic rings. The van der Waals surface area contributed by atoms with Crippen molar-refractivity contribution in [3.05, 3.63) is 17.6 Å². The summed E-state index contributed by atoms with van der Waals surface area (Å²) in [5.74, 6) is 1.75. The Kier molecular flexibility index (Phi) is 6.63. The van der Waals surface area contributed by atoms with Crippen molar-refractivity contribution in [1.29, 1.82) is 0 Å². The fourth-order valence-electron chi connectivity index (χ4n) is 2.79. The summed E-state index contributed by atoms with van der Waals surface area (Å²) < 4.78 is 2.15. The van der Waals surface area contributed by atoms with Gasteiger partial charge in [-0.1, -0.05) is 33.1 Å². The first-order valence-corrected chi connectivity index (χ1v) is 8.79. The lowest BCUT2D eigenvalue weighted by Crippen LogP contribution is -2.15. The second-order valence-electron chi connectivity index (χ2n) is 6.30. The van der Waals surface area contributed by atoms with Crippen molar-refractivity contribution in [2.45, 2.75) is 71.3 Å². The highest BCUT2D eigenvalue weighted by atomic mass is 35.5. The first-order chi connectivity index (χ1) is 10.8. The third-order valence-electron chi connectivity index (χ3n) is 4.22. The van der Waals surface area contributed by atoms with E-state index in [0.29, 0.717) is 5.92 Å². The molecule has 5 nitrogen and oxygen atoms in total. The molecular weight excluding hydrogens is 310 g/mol. The van der Waals surface area contributed by atoms with Gasteiger partial charge in [-0.2, -0.15) is 0 Å². The third-order valence-corrected chi connectivity index (χ3v) is 4.22. The Morgan fingerprint density at radius 2 is 2.04 bits per heavy atom. The van der Waals surface area contributed by atoms with E-state index in [2.05, 4.69) is 28.4 Å². The first kappa shape index (κ1) is 18.0. The Morgan fingerprint density at radius 3 is 2.74 bits per heavy atom. The van der Waals surface area contributed by atoms with Crippen LogP contribution in [0.3, 0.4) is 0 Å². The molecule has 2 heterocycles. The zero-order valence-electron chi connectivity index (χ0n) is 14.2. The van der Waals surface area contributed by atoms with E-state index in [1.54, 1.807) is 0 Å². The van der Waals surface area contributed by atoms with Crippen LogP contribution in [0, 0.1) is 0 Å². The Hall–Kier alpha value is -1.36. The number of fused-ring (bicyclic) bond motifs is 1. The van der Waals surface area contributed by atoms with E-state index >= 15 is 0 Å². The minimum Gasteiger partial charge on any atom is -0.337 e. The summed E-state index contributed by atoms with van der Waals surface area (Å²) in [6.45, 7) is 6.22. The Morgan fingerprint density at radius 1 is 1.22 bits per heavy atom. The van der Waals surface area contributed by atoms with Gasteiger partial charge in [0.05, 0.1) is 6.33 Å². The number of H-pyrrole nitrogens is 1. The maximum Gasteiger partial charge on any atom is 0.176 e. The minimum absolute atomic E-state index is 0. The molecule has 23 heavy (non-hydrogen) atoms. The van der Waals surface area contributed by atoms with Gasteiger partial charge in [-0.05, 0) is 25.7 Å². The molecule has 0 radical (unpaired) electrons. The average molecular weight is 338 g/mol. The van der Waals surface area contributed by atoms with E-state index in [1.165, 1.54) is 32.1 Å². The number of halogens is 1. The van der Waals surface area contributed by atoms with Gasteiger partial charge in [-0.15, -0.1) is 12.4 Å². The van der Waals surface area contributed by atoms with Gasteiger partial charge in [0, 0.05) is 19.0 Å². The van der Waals surface area contributed by atoms with Gasteiger partial charge in [0.1, 0.15) is 11.3 Å². The predicted molar refractivity (Wildman–Crippen MR) is 96.0 cm³/mol. The zero-order chi connectivity index (χ0) is 15.4. The number of nitrogens with one attached hydrogen (secondary N) is 1. The number of hydrogen-bond donors (Lipinski definition) is 1. The second kappa shape index (κ2) is 8.48. The highest BCUT2D eigenvalue weighted by Crippen LogP contribution is 2.38. The van der Waals surface area contributed by atoms with Gasteiger partial charge in [-0.3, -0.25) is 4.99 Å². The number of unbranched alkanes of at least 4 members (excludes halogenated alkanes) is 3. The second-order valence-corrected chi connectivity index (χ2v) is 6.30. The van der Waals surface area contributed by atoms with Crippen molar-refractivity contribution < 1.29 is 0 Å². The Balaban J connectivity index is 0.00000192. The number of aromatic nitrogens is 4. The predicted octanol–water partition coefficient (Wildman–Crippen LogP) is 3.95. The molecule has 6 heteroatoms. The van der Waals surface area contributed by atoms with Gasteiger partial charge in [0.2, 0.25) is 0 Å². The number of aryl methyl sites for hydroxylation is 1. The van der Waals surface area contributed by atoms with Crippen molar-refractivity contribution in [1.82, 2.24) is 19.5 Å². The van der Waals surface area contributed by atoms with Crippen LogP contribution in [-0.2, 0) is 6.54 Å². The molecule has 2 aromatic heterocycles. The van der Waals surface area contributed by atoms with E-state index < -0.39 is 0 Å². The molecule has 1 N–H and O–H groups in total. The zero-order valence-corrected chi connectivity index (χ0v) is 15.0. The lowest BCUT2D eigenvalue weighted by molar-refractivity contribution is 0.662. The summed E-state index contributed by atoms with van der Waals surface area (Å²) in [7, 11) is 0. The highest BCUT2D eigenvalue weighted by molar-refractivity contribution is 5.85. The molecule has 0 unspecified atom stereocenters. The molecular formula is C17H28ClN5. The molecule has 0 spiro atoms. The SMILES string of the molecule is CCCCCCN=c1ncn(CCC)c2nc(C3CC3)[nH]c12.Cl. The van der Waals surface area contributed by atoms with Gasteiger partial charge < -0.3 is 9.55 Å². The molecule has 0 saturated heterocycles. The number of aromatic amines is 1. The lowest BCUT2D eigenvalue weighted by atomic mass is 10.2. The molecule has 0 aliphatic heterocycles. The molecule has 0 bridgehead atoms. The van der Waals surface area contributed by atoms with Crippen LogP contribution in [0.25, 0.3) is 11.2 Å². The smallest absolute Gasteiger partial charge is 0.176 e. The molecule has 1 saturated carbocycles. The van der Waals surface area contributed by atoms with E-state index in [0.717, 1.165) is 48.4 Å². The molecule has 0 amide bonds. The Bertz CT molecular complexity index is 684. The lowest BCUT2D eigenvalue weighted by Gasteiger charge is -2.04. The summed E-state index contributed by atoms with van der Waals surface area (Å²) in [6.07, 6.45) is 10.4. The molecule has 3 rings (SSSR count). The normalized spacial score (nSPS) is 15.1. The number of imidazole rings is 1. The van der Waals surface area contributed by atoms with Gasteiger partial charge in [0.15, 0.2) is 11.1 Å². The summed E-state index contributed by atoms with van der Waals surface area (Å²) in [5.41, 5.74) is 2.87. The van der Waals surface area contributed by atoms with Crippen molar-refractivity contribution in [2.75, 3.05) is 6.54 Å². The Labute approximate surface area is 144 Å². The third kappa shape index (κ3) is 4.34. The molecule has 1 aliphatic rings. The van der Waals surface area contributed by atoms with E-state index in [1.807, 2.05) is 6.33 Å². The number of rotatable bonds is 8. The molecule has 1 aliphatic carbocycles. The summed E-state index contributed by atoms with van der Waals surface area (Å²) in [4.78, 5) is 17.6. The van der Waals surface area contributed by atoms with Gasteiger partial charge >= 0.3 is 0 Å². The molecule has 128 valence electrons. The number of hydrogen-bond acceptors (Lipinski definition) is 3. The maximum absolute atomic E-state index is 4.82. The fraction of sp³-hybridized carbons (Fsp3) is 0.706. The quantitative estimate of drug-likeness (QED) is 0.741. The van der Waals surface area contributed by atoms with Crippen molar-refractivity contribution in [2.24, 2.45) is 4.99 Å². The average Bonchev–Trinajstić information content (AvgIpc) is 3.28. The van der Waals surface area contributed by atoms with Crippen LogP contribution in [0.4, 0.5) is 0 Å². The van der Waals surface area contributed by atoms with Crippen LogP contribution >= 0.6 is 12.4 Å². The summed E-state index contributed by atoms with van der Waals surface area (Å²) in [6, 6.07) is 0. The van der Waals surface area contributed by atoms with Crippen LogP contribution in [-0.4, -0.2) is 26.1 Å². The molecule has 0 aromatic carbocycles. The van der Waals surface area contributed by atoms with Crippen LogP contribution in [0.15, 0.2) is 11.3 Å². The van der Waals surface area contributed by atoms with E-state index in [4.69, 9.17) is 9.98 Å². The van der Waals surface area contributed by atoms with Crippen LogP contribution in [0.2, 0.25) is 0 Å². The van der Waals surface area contributed by atoms with Crippen LogP contribution < -0.4 is 5.49 Å². The fourth-order valence-corrected chi connectivity index (χ4v) is 2.79. The largest absolute Gasteiger partial charge is 0.337 e. The van der Waals surface area contributed by atoms with E-state index in [9.17, 15) is 0 Å². The topological polar surface area (TPSA) is 58.9 Å². The van der Waals surface area contributed by atoms with Crippen molar-refractivity contribution >= 4 is 23.6 Å². The molecule has 0 atom stereocenters. The maximum atomic E-state index is 4.82. The minimum atomic E-state index is 0. The van der Waals surface area contributed by atoms with Crippen molar-refractivity contribution in [3.63, 3.8) is 0 Å². The van der Waals surface area contributed by atoms with Crippen LogP contribution in [0.1, 0.15) is 70.5 Å². The first-order valence-electron chi connectivity index (χ1n) is 8.79. The standard InChI is InChI=1S/C17H27N5.ClH/c1-3-5-6-7-10-18-16-14-17(22(11-4-2)12-19-16)21-15(20-14)13-8-9-13;/h12-13H,3-11H2,1-2H3,(H,20,21);1H. The monoisotopic (exact) mass is 337 g/mol. The summed E-state index contributed by atoms with van der Waals surface area (Å²) >= 11 is 0. The van der Waals surface area contributed by atoms with Crippen LogP contribution in [0.5, 0.6) is 0 Å². The summed E-state index contributed by atoms with van der Waals surface area (Å²) in [5, 5.41) is 0.